The summed E-state index contributed by atoms with van der Waals surface area (Å²) in [5, 5.41) is 11.1. The van der Waals surface area contributed by atoms with Gasteiger partial charge in [-0.25, -0.2) is 14.3 Å². The highest BCUT2D eigenvalue weighted by Gasteiger charge is 2.34. The Bertz CT molecular complexity index is 1020. The fourth-order valence-corrected chi connectivity index (χ4v) is 4.41. The van der Waals surface area contributed by atoms with E-state index in [0.717, 1.165) is 18.2 Å². The lowest BCUT2D eigenvalue weighted by atomic mass is 10.3. The number of sulfonamides is 1. The third-order valence-electron chi connectivity index (χ3n) is 3.34. The summed E-state index contributed by atoms with van der Waals surface area (Å²) in [5.74, 6) is 4.15. The SMILES string of the molecule is NNC(=O)CN(c1cc(Cl)c(Cl)cc1Cl)S(=O)(=O)c1ccccc1[N+](=O)[O-]. The maximum atomic E-state index is 13.1. The number of nitrogens with zero attached hydrogens (tertiary/aromatic N) is 2. The quantitative estimate of drug-likeness (QED) is 0.227. The van der Waals surface area contributed by atoms with Crippen molar-refractivity contribution in [3.63, 3.8) is 0 Å². The van der Waals surface area contributed by atoms with Crippen LogP contribution in [0.3, 0.4) is 0 Å². The molecule has 3 N–H and O–H groups in total. The van der Waals surface area contributed by atoms with E-state index in [1.54, 1.807) is 5.43 Å². The van der Waals surface area contributed by atoms with Gasteiger partial charge in [0.15, 0.2) is 4.90 Å². The number of anilines is 1. The molecule has 0 fully saturated rings. The Labute approximate surface area is 168 Å². The number of hydrazine groups is 1. The zero-order valence-corrected chi connectivity index (χ0v) is 16.3. The Balaban J connectivity index is 2.73. The van der Waals surface area contributed by atoms with Gasteiger partial charge in [-0.1, -0.05) is 46.9 Å². The molecule has 2 aromatic carbocycles. The van der Waals surface area contributed by atoms with E-state index in [2.05, 4.69) is 0 Å². The lowest BCUT2D eigenvalue weighted by Gasteiger charge is -2.24. The van der Waals surface area contributed by atoms with Gasteiger partial charge >= 0.3 is 0 Å². The molecule has 0 bridgehead atoms. The Hall–Kier alpha value is -2.11. The number of carbonyl (C=O) groups is 1. The molecule has 0 aliphatic heterocycles. The fourth-order valence-electron chi connectivity index (χ4n) is 2.12. The van der Waals surface area contributed by atoms with Crippen molar-refractivity contribution < 1.29 is 18.1 Å². The van der Waals surface area contributed by atoms with Gasteiger partial charge in [-0.3, -0.25) is 24.6 Å². The van der Waals surface area contributed by atoms with Gasteiger partial charge in [0.1, 0.15) is 6.54 Å². The fraction of sp³-hybridized carbons (Fsp3) is 0.0714. The van der Waals surface area contributed by atoms with Crippen LogP contribution in [0, 0.1) is 10.1 Å². The minimum atomic E-state index is -4.60. The molecule has 1 amide bonds. The van der Waals surface area contributed by atoms with E-state index in [9.17, 15) is 23.3 Å². The monoisotopic (exact) mass is 452 g/mol. The number of hydrogen-bond acceptors (Lipinski definition) is 6. The summed E-state index contributed by atoms with van der Waals surface area (Å²) in [6, 6.07) is 6.97. The summed E-state index contributed by atoms with van der Waals surface area (Å²) in [6.45, 7) is -0.803. The number of nitrogens with one attached hydrogen (secondary N) is 1. The van der Waals surface area contributed by atoms with Crippen LogP contribution in [0.4, 0.5) is 11.4 Å². The number of para-hydroxylation sites is 1. The molecule has 2 aromatic rings. The molecule has 2 rings (SSSR count). The first-order valence-electron chi connectivity index (χ1n) is 6.99. The van der Waals surface area contributed by atoms with Crippen LogP contribution in [-0.4, -0.2) is 25.8 Å². The molecular weight excluding hydrogens is 443 g/mol. The van der Waals surface area contributed by atoms with Crippen molar-refractivity contribution in [3.05, 3.63) is 61.6 Å². The summed E-state index contributed by atoms with van der Waals surface area (Å²) in [7, 11) is -4.60. The average Bonchev–Trinajstić information content (AvgIpc) is 2.62. The lowest BCUT2D eigenvalue weighted by molar-refractivity contribution is -0.387. The van der Waals surface area contributed by atoms with E-state index in [4.69, 9.17) is 40.6 Å². The Morgan fingerprint density at radius 1 is 1.15 bits per heavy atom. The number of nitrogens with two attached hydrogens (primary N) is 1. The summed E-state index contributed by atoms with van der Waals surface area (Å²) in [4.78, 5) is 21.5. The van der Waals surface area contributed by atoms with E-state index in [0.29, 0.717) is 4.31 Å². The van der Waals surface area contributed by atoms with Crippen LogP contribution in [0.15, 0.2) is 41.3 Å². The van der Waals surface area contributed by atoms with E-state index in [1.165, 1.54) is 18.2 Å². The molecule has 9 nitrogen and oxygen atoms in total. The molecule has 27 heavy (non-hydrogen) atoms. The van der Waals surface area contributed by atoms with Gasteiger partial charge in [0.25, 0.3) is 21.6 Å². The second-order valence-electron chi connectivity index (χ2n) is 5.02. The Morgan fingerprint density at radius 3 is 2.33 bits per heavy atom. The molecule has 0 spiro atoms. The highest BCUT2D eigenvalue weighted by Crippen LogP contribution is 2.38. The van der Waals surface area contributed by atoms with Crippen molar-refractivity contribution in [1.82, 2.24) is 5.43 Å². The number of carbonyl (C=O) groups excluding carboxylic acids is 1. The van der Waals surface area contributed by atoms with Crippen LogP contribution in [0.2, 0.25) is 15.1 Å². The first-order valence-corrected chi connectivity index (χ1v) is 9.57. The van der Waals surface area contributed by atoms with Gasteiger partial charge in [0.2, 0.25) is 0 Å². The van der Waals surface area contributed by atoms with Crippen molar-refractivity contribution in [2.75, 3.05) is 10.8 Å². The molecule has 0 radical (unpaired) electrons. The minimum absolute atomic E-state index is 0.0352. The first kappa shape index (κ1) is 21.2. The van der Waals surface area contributed by atoms with Crippen molar-refractivity contribution in [3.8, 4) is 0 Å². The molecular formula is C14H11Cl3N4O5S. The second kappa shape index (κ2) is 8.28. The minimum Gasteiger partial charge on any atom is -0.293 e. The van der Waals surface area contributed by atoms with E-state index >= 15 is 0 Å². The maximum Gasteiger partial charge on any atom is 0.289 e. The second-order valence-corrected chi connectivity index (χ2v) is 8.07. The van der Waals surface area contributed by atoms with Gasteiger partial charge in [0.05, 0.1) is 25.7 Å². The number of nitro benzene ring substituents is 1. The van der Waals surface area contributed by atoms with Gasteiger partial charge in [-0.15, -0.1) is 0 Å². The normalized spacial score (nSPS) is 11.1. The van der Waals surface area contributed by atoms with Crippen molar-refractivity contribution in [2.45, 2.75) is 4.90 Å². The predicted octanol–water partition coefficient (Wildman–Crippen LogP) is 2.74. The van der Waals surface area contributed by atoms with E-state index in [-0.39, 0.29) is 20.8 Å². The topological polar surface area (TPSA) is 136 Å². The number of amides is 1. The molecule has 144 valence electrons. The number of nitro groups is 1. The Kier molecular flexibility index (Phi) is 6.50. The van der Waals surface area contributed by atoms with Crippen molar-refractivity contribution >= 4 is 62.1 Å². The summed E-state index contributed by atoms with van der Waals surface area (Å²) in [6.07, 6.45) is 0. The molecule has 0 unspecified atom stereocenters. The van der Waals surface area contributed by atoms with Crippen LogP contribution < -0.4 is 15.6 Å². The largest absolute Gasteiger partial charge is 0.293 e. The summed E-state index contributed by atoms with van der Waals surface area (Å²) in [5.41, 5.74) is 0.915. The van der Waals surface area contributed by atoms with Crippen LogP contribution in [0.1, 0.15) is 0 Å². The van der Waals surface area contributed by atoms with Gasteiger partial charge < -0.3 is 0 Å². The maximum absolute atomic E-state index is 13.1. The number of rotatable bonds is 6. The summed E-state index contributed by atoms with van der Waals surface area (Å²) < 4.78 is 26.8. The van der Waals surface area contributed by atoms with E-state index < -0.39 is 38.0 Å². The highest BCUT2D eigenvalue weighted by atomic mass is 35.5. The van der Waals surface area contributed by atoms with E-state index in [1.807, 2.05) is 0 Å². The highest BCUT2D eigenvalue weighted by molar-refractivity contribution is 7.93. The van der Waals surface area contributed by atoms with Crippen molar-refractivity contribution in [1.29, 1.82) is 0 Å². The van der Waals surface area contributed by atoms with Crippen LogP contribution in [0.5, 0.6) is 0 Å². The number of hydrogen-bond donors (Lipinski definition) is 2. The van der Waals surface area contributed by atoms with Crippen LogP contribution >= 0.6 is 34.8 Å². The Morgan fingerprint density at radius 2 is 1.74 bits per heavy atom. The first-order chi connectivity index (χ1) is 12.6. The van der Waals surface area contributed by atoms with Crippen molar-refractivity contribution in [2.24, 2.45) is 5.84 Å². The molecule has 0 saturated heterocycles. The van der Waals surface area contributed by atoms with Gasteiger partial charge in [0, 0.05) is 6.07 Å². The zero-order chi connectivity index (χ0) is 20.4. The molecule has 0 atom stereocenters. The molecule has 0 saturated carbocycles. The lowest BCUT2D eigenvalue weighted by Crippen LogP contribution is -2.43. The zero-order valence-electron chi connectivity index (χ0n) is 13.2. The van der Waals surface area contributed by atoms with Gasteiger partial charge in [-0.05, 0) is 18.2 Å². The average molecular weight is 454 g/mol. The van der Waals surface area contributed by atoms with Crippen LogP contribution in [-0.2, 0) is 14.8 Å². The standard InChI is InChI=1S/C14H11Cl3N4O5S/c15-8-5-10(17)12(6-9(8)16)20(7-14(22)19-18)27(25,26)13-4-2-1-3-11(13)21(23)24/h1-6H,7,18H2,(H,19,22). The smallest absolute Gasteiger partial charge is 0.289 e. The summed E-state index contributed by atoms with van der Waals surface area (Å²) >= 11 is 17.9. The molecule has 0 aliphatic rings. The molecule has 0 aromatic heterocycles. The molecule has 0 aliphatic carbocycles. The third kappa shape index (κ3) is 4.42. The predicted molar refractivity (Wildman–Crippen MR) is 101 cm³/mol. The molecule has 0 heterocycles. The number of benzene rings is 2. The molecule has 13 heteroatoms. The van der Waals surface area contributed by atoms with Crippen LogP contribution in [0.25, 0.3) is 0 Å². The number of halogens is 3. The third-order valence-corrected chi connectivity index (χ3v) is 6.17. The van der Waals surface area contributed by atoms with Gasteiger partial charge in [-0.2, -0.15) is 0 Å².